The SMILES string of the molecule is O=C1CC(CS)CN1CCc1cccc(Cl)c1. The second-order valence-electron chi connectivity index (χ2n) is 4.47. The summed E-state index contributed by atoms with van der Waals surface area (Å²) in [5.74, 6) is 1.47. The number of amides is 1. The molecule has 0 radical (unpaired) electrons. The van der Waals surface area contributed by atoms with E-state index in [4.69, 9.17) is 11.6 Å². The highest BCUT2D eigenvalue weighted by Gasteiger charge is 2.27. The van der Waals surface area contributed by atoms with E-state index < -0.39 is 0 Å². The zero-order chi connectivity index (χ0) is 12.3. The van der Waals surface area contributed by atoms with Gasteiger partial charge in [0.25, 0.3) is 0 Å². The number of hydrogen-bond donors (Lipinski definition) is 1. The summed E-state index contributed by atoms with van der Waals surface area (Å²) in [5, 5.41) is 0.753. The standard InChI is InChI=1S/C13H16ClNOS/c14-12-3-1-2-10(6-12)4-5-15-8-11(9-17)7-13(15)16/h1-3,6,11,17H,4-5,7-9H2. The number of thiol groups is 1. The van der Waals surface area contributed by atoms with E-state index in [0.29, 0.717) is 12.3 Å². The summed E-state index contributed by atoms with van der Waals surface area (Å²) < 4.78 is 0. The molecule has 0 spiro atoms. The van der Waals surface area contributed by atoms with E-state index in [2.05, 4.69) is 12.6 Å². The van der Waals surface area contributed by atoms with Gasteiger partial charge in [-0.1, -0.05) is 23.7 Å². The molecule has 0 N–H and O–H groups in total. The van der Waals surface area contributed by atoms with Gasteiger partial charge >= 0.3 is 0 Å². The molecule has 4 heteroatoms. The normalized spacial score (nSPS) is 20.0. The number of carbonyl (C=O) groups excluding carboxylic acids is 1. The van der Waals surface area contributed by atoms with E-state index in [9.17, 15) is 4.79 Å². The van der Waals surface area contributed by atoms with Crippen molar-refractivity contribution in [2.75, 3.05) is 18.8 Å². The highest BCUT2D eigenvalue weighted by atomic mass is 35.5. The van der Waals surface area contributed by atoms with E-state index in [1.807, 2.05) is 29.2 Å². The molecule has 92 valence electrons. The number of benzene rings is 1. The predicted octanol–water partition coefficient (Wildman–Crippen LogP) is 2.66. The third kappa shape index (κ3) is 3.39. The summed E-state index contributed by atoms with van der Waals surface area (Å²) in [5.41, 5.74) is 1.18. The van der Waals surface area contributed by atoms with Crippen LogP contribution in [0.25, 0.3) is 0 Å². The molecular weight excluding hydrogens is 254 g/mol. The summed E-state index contributed by atoms with van der Waals surface area (Å²) in [7, 11) is 0. The van der Waals surface area contributed by atoms with Crippen LogP contribution in [0.5, 0.6) is 0 Å². The Morgan fingerprint density at radius 3 is 2.94 bits per heavy atom. The molecule has 1 atom stereocenters. The van der Waals surface area contributed by atoms with Crippen molar-refractivity contribution < 1.29 is 4.79 Å². The third-order valence-electron chi connectivity index (χ3n) is 3.11. The smallest absolute Gasteiger partial charge is 0.222 e. The van der Waals surface area contributed by atoms with Crippen molar-refractivity contribution in [3.05, 3.63) is 34.9 Å². The van der Waals surface area contributed by atoms with Crippen molar-refractivity contribution in [1.82, 2.24) is 4.90 Å². The van der Waals surface area contributed by atoms with Crippen LogP contribution in [0.4, 0.5) is 0 Å². The van der Waals surface area contributed by atoms with Gasteiger partial charge in [-0.05, 0) is 35.8 Å². The second kappa shape index (κ2) is 5.78. The zero-order valence-corrected chi connectivity index (χ0v) is 11.3. The van der Waals surface area contributed by atoms with Gasteiger partial charge in [0.05, 0.1) is 0 Å². The molecule has 2 nitrogen and oxygen atoms in total. The first-order chi connectivity index (χ1) is 8.19. The number of carbonyl (C=O) groups is 1. The molecule has 1 fully saturated rings. The van der Waals surface area contributed by atoms with Crippen molar-refractivity contribution in [2.24, 2.45) is 5.92 Å². The summed E-state index contributed by atoms with van der Waals surface area (Å²) in [4.78, 5) is 13.6. The molecule has 1 unspecified atom stereocenters. The zero-order valence-electron chi connectivity index (χ0n) is 9.60. The van der Waals surface area contributed by atoms with Crippen LogP contribution in [0.2, 0.25) is 5.02 Å². The van der Waals surface area contributed by atoms with Crippen molar-refractivity contribution in [3.8, 4) is 0 Å². The average molecular weight is 270 g/mol. The van der Waals surface area contributed by atoms with Crippen molar-refractivity contribution >= 4 is 30.1 Å². The molecule has 1 aromatic rings. The van der Waals surface area contributed by atoms with E-state index in [-0.39, 0.29) is 5.91 Å². The van der Waals surface area contributed by atoms with Crippen LogP contribution in [0.1, 0.15) is 12.0 Å². The Morgan fingerprint density at radius 2 is 2.29 bits per heavy atom. The minimum Gasteiger partial charge on any atom is -0.342 e. The number of nitrogens with zero attached hydrogens (tertiary/aromatic N) is 1. The maximum atomic E-state index is 11.7. The first-order valence-electron chi connectivity index (χ1n) is 5.82. The molecule has 0 aromatic heterocycles. The maximum absolute atomic E-state index is 11.7. The fraction of sp³-hybridized carbons (Fsp3) is 0.462. The fourth-order valence-electron chi connectivity index (χ4n) is 2.15. The van der Waals surface area contributed by atoms with Gasteiger partial charge in [0.2, 0.25) is 5.91 Å². The molecular formula is C13H16ClNOS. The van der Waals surface area contributed by atoms with Gasteiger partial charge in [-0.25, -0.2) is 0 Å². The van der Waals surface area contributed by atoms with Gasteiger partial charge in [-0.15, -0.1) is 0 Å². The van der Waals surface area contributed by atoms with E-state index in [1.54, 1.807) is 0 Å². The number of halogens is 1. The maximum Gasteiger partial charge on any atom is 0.222 e. The van der Waals surface area contributed by atoms with Gasteiger partial charge in [0, 0.05) is 24.5 Å². The van der Waals surface area contributed by atoms with Crippen LogP contribution < -0.4 is 0 Å². The average Bonchev–Trinajstić information content (AvgIpc) is 2.68. The Balaban J connectivity index is 1.88. The Labute approximate surface area is 112 Å². The minimum atomic E-state index is 0.256. The van der Waals surface area contributed by atoms with Crippen LogP contribution in [0, 0.1) is 5.92 Å². The van der Waals surface area contributed by atoms with Gasteiger partial charge in [-0.3, -0.25) is 4.79 Å². The summed E-state index contributed by atoms with van der Waals surface area (Å²) >= 11 is 10.2. The first-order valence-corrected chi connectivity index (χ1v) is 6.83. The molecule has 17 heavy (non-hydrogen) atoms. The second-order valence-corrected chi connectivity index (χ2v) is 5.27. The summed E-state index contributed by atoms with van der Waals surface area (Å²) in [6, 6.07) is 7.81. The lowest BCUT2D eigenvalue weighted by Crippen LogP contribution is -2.27. The van der Waals surface area contributed by atoms with Gasteiger partial charge in [0.1, 0.15) is 0 Å². The van der Waals surface area contributed by atoms with Crippen LogP contribution >= 0.6 is 24.2 Å². The Kier molecular flexibility index (Phi) is 4.35. The highest BCUT2D eigenvalue weighted by molar-refractivity contribution is 7.80. The molecule has 1 aliphatic heterocycles. The van der Waals surface area contributed by atoms with Gasteiger partial charge in [0.15, 0.2) is 0 Å². The largest absolute Gasteiger partial charge is 0.342 e. The lowest BCUT2D eigenvalue weighted by Gasteiger charge is -2.16. The fourth-order valence-corrected chi connectivity index (χ4v) is 2.61. The molecule has 1 heterocycles. The van der Waals surface area contributed by atoms with E-state index in [0.717, 1.165) is 30.3 Å². The number of likely N-dealkylation sites (tertiary alicyclic amines) is 1. The third-order valence-corrected chi connectivity index (χ3v) is 3.86. The van der Waals surface area contributed by atoms with Crippen LogP contribution in [-0.2, 0) is 11.2 Å². The molecule has 0 aliphatic carbocycles. The molecule has 2 rings (SSSR count). The van der Waals surface area contributed by atoms with Crippen LogP contribution in [0.15, 0.2) is 24.3 Å². The van der Waals surface area contributed by atoms with Crippen LogP contribution in [0.3, 0.4) is 0 Å². The van der Waals surface area contributed by atoms with Crippen molar-refractivity contribution in [3.63, 3.8) is 0 Å². The quantitative estimate of drug-likeness (QED) is 0.834. The molecule has 1 aliphatic rings. The monoisotopic (exact) mass is 269 g/mol. The summed E-state index contributed by atoms with van der Waals surface area (Å²) in [6.45, 7) is 1.63. The lowest BCUT2D eigenvalue weighted by molar-refractivity contribution is -0.127. The van der Waals surface area contributed by atoms with E-state index in [1.165, 1.54) is 5.56 Å². The highest BCUT2D eigenvalue weighted by Crippen LogP contribution is 2.19. The topological polar surface area (TPSA) is 20.3 Å². The molecule has 1 aromatic carbocycles. The Morgan fingerprint density at radius 1 is 1.47 bits per heavy atom. The Bertz CT molecular complexity index is 410. The van der Waals surface area contributed by atoms with Gasteiger partial charge < -0.3 is 4.90 Å². The van der Waals surface area contributed by atoms with Gasteiger partial charge in [-0.2, -0.15) is 12.6 Å². The minimum absolute atomic E-state index is 0.256. The van der Waals surface area contributed by atoms with E-state index >= 15 is 0 Å². The molecule has 0 saturated carbocycles. The van der Waals surface area contributed by atoms with Crippen LogP contribution in [-0.4, -0.2) is 29.6 Å². The lowest BCUT2D eigenvalue weighted by atomic mass is 10.1. The molecule has 0 bridgehead atoms. The number of rotatable bonds is 4. The summed E-state index contributed by atoms with van der Waals surface area (Å²) in [6.07, 6.45) is 1.52. The molecule has 1 amide bonds. The first kappa shape index (κ1) is 12.8. The predicted molar refractivity (Wildman–Crippen MR) is 73.7 cm³/mol. The number of hydrogen-bond acceptors (Lipinski definition) is 2. The molecule has 1 saturated heterocycles. The van der Waals surface area contributed by atoms with Crippen molar-refractivity contribution in [2.45, 2.75) is 12.8 Å². The Hall–Kier alpha value is -0.670. The van der Waals surface area contributed by atoms with Crippen molar-refractivity contribution in [1.29, 1.82) is 0 Å².